The molecule has 158 valence electrons. The lowest BCUT2D eigenvalue weighted by Crippen LogP contribution is -2.37. The Bertz CT molecular complexity index is 981. The summed E-state index contributed by atoms with van der Waals surface area (Å²) < 4.78 is 6.49. The van der Waals surface area contributed by atoms with Crippen LogP contribution in [0.3, 0.4) is 0 Å². The molecular weight excluding hydrogens is 476 g/mol. The van der Waals surface area contributed by atoms with Crippen molar-refractivity contribution in [2.24, 2.45) is 5.10 Å². The van der Waals surface area contributed by atoms with Crippen LogP contribution in [0.1, 0.15) is 18.1 Å². The first-order chi connectivity index (χ1) is 14.3. The Morgan fingerprint density at radius 1 is 1.17 bits per heavy atom. The molecule has 0 spiro atoms. The summed E-state index contributed by atoms with van der Waals surface area (Å²) in [6.07, 6.45) is 1.27. The predicted molar refractivity (Wildman–Crippen MR) is 119 cm³/mol. The van der Waals surface area contributed by atoms with E-state index in [2.05, 4.69) is 37.1 Å². The quantitative estimate of drug-likeness (QED) is 0.312. The number of hydrogen-bond acceptors (Lipinski definition) is 5. The van der Waals surface area contributed by atoms with Crippen molar-refractivity contribution in [3.8, 4) is 5.75 Å². The number of aryl methyl sites for hydroxylation is 1. The number of nitrogens with one attached hydrogen (secondary N) is 3. The Labute approximate surface area is 187 Å². The zero-order valence-electron chi connectivity index (χ0n) is 16.3. The summed E-state index contributed by atoms with van der Waals surface area (Å²) in [7, 11) is 0. The molecule has 0 bridgehead atoms. The van der Waals surface area contributed by atoms with Gasteiger partial charge in [0.15, 0.2) is 6.61 Å². The zero-order chi connectivity index (χ0) is 22.1. The van der Waals surface area contributed by atoms with Gasteiger partial charge in [-0.1, -0.05) is 27.5 Å². The number of benzene rings is 2. The van der Waals surface area contributed by atoms with Crippen molar-refractivity contribution in [1.29, 1.82) is 0 Å². The van der Waals surface area contributed by atoms with Crippen molar-refractivity contribution in [3.05, 3.63) is 57.0 Å². The fourth-order valence-corrected chi connectivity index (χ4v) is 2.96. The Balaban J connectivity index is 2.00. The van der Waals surface area contributed by atoms with E-state index in [1.165, 1.54) is 6.21 Å². The molecule has 0 aromatic heterocycles. The van der Waals surface area contributed by atoms with E-state index in [9.17, 15) is 14.4 Å². The van der Waals surface area contributed by atoms with Crippen molar-refractivity contribution >= 4 is 57.2 Å². The molecule has 3 amide bonds. The largest absolute Gasteiger partial charge is 0.483 e. The number of amides is 3. The van der Waals surface area contributed by atoms with Crippen LogP contribution < -0.4 is 20.8 Å². The molecule has 0 fully saturated rings. The van der Waals surface area contributed by atoms with Gasteiger partial charge in [0.25, 0.3) is 5.91 Å². The van der Waals surface area contributed by atoms with Gasteiger partial charge in [0.05, 0.1) is 6.21 Å². The van der Waals surface area contributed by atoms with Gasteiger partial charge < -0.3 is 15.4 Å². The van der Waals surface area contributed by atoms with Gasteiger partial charge in [-0.25, -0.2) is 5.43 Å². The lowest BCUT2D eigenvalue weighted by Gasteiger charge is -2.11. The van der Waals surface area contributed by atoms with Crippen molar-refractivity contribution in [2.75, 3.05) is 18.5 Å². The zero-order valence-corrected chi connectivity index (χ0v) is 18.6. The molecule has 0 heterocycles. The number of carbonyl (C=O) groups excluding carboxylic acids is 3. The molecule has 0 radical (unpaired) electrons. The monoisotopic (exact) mass is 494 g/mol. The Morgan fingerprint density at radius 2 is 1.93 bits per heavy atom. The van der Waals surface area contributed by atoms with Crippen molar-refractivity contribution in [3.63, 3.8) is 0 Å². The van der Waals surface area contributed by atoms with E-state index in [0.717, 1.165) is 10.0 Å². The van der Waals surface area contributed by atoms with E-state index in [4.69, 9.17) is 16.3 Å². The minimum Gasteiger partial charge on any atom is -0.483 e. The molecule has 10 heteroatoms. The van der Waals surface area contributed by atoms with Gasteiger partial charge >= 0.3 is 11.8 Å². The summed E-state index contributed by atoms with van der Waals surface area (Å²) >= 11 is 9.37. The average molecular weight is 496 g/mol. The summed E-state index contributed by atoms with van der Waals surface area (Å²) in [6, 6.07) is 10.2. The van der Waals surface area contributed by atoms with Gasteiger partial charge in [-0.3, -0.25) is 14.4 Å². The van der Waals surface area contributed by atoms with Crippen LogP contribution in [-0.2, 0) is 14.4 Å². The summed E-state index contributed by atoms with van der Waals surface area (Å²) in [5, 5.41) is 9.27. The highest BCUT2D eigenvalue weighted by Gasteiger charge is 2.11. The minimum atomic E-state index is -0.901. The van der Waals surface area contributed by atoms with Crippen LogP contribution in [0.4, 0.5) is 5.69 Å². The van der Waals surface area contributed by atoms with Gasteiger partial charge in [-0.2, -0.15) is 5.10 Å². The minimum absolute atomic E-state index is 0.247. The van der Waals surface area contributed by atoms with Crippen LogP contribution in [0.2, 0.25) is 5.02 Å². The maximum absolute atomic E-state index is 12.2. The molecule has 2 aromatic carbocycles. The molecule has 30 heavy (non-hydrogen) atoms. The average Bonchev–Trinajstić information content (AvgIpc) is 2.69. The second-order valence-corrected chi connectivity index (χ2v) is 7.39. The number of nitrogens with zero attached hydrogens (tertiary/aromatic N) is 1. The van der Waals surface area contributed by atoms with Gasteiger partial charge in [-0.15, -0.1) is 0 Å². The number of likely N-dealkylation sites (N-methyl/N-ethyl adjacent to an activating group) is 1. The van der Waals surface area contributed by atoms with Crippen LogP contribution in [0.15, 0.2) is 46.0 Å². The molecule has 0 atom stereocenters. The van der Waals surface area contributed by atoms with Crippen LogP contribution >= 0.6 is 27.5 Å². The Morgan fingerprint density at radius 3 is 2.63 bits per heavy atom. The Kier molecular flexibility index (Phi) is 8.82. The summed E-state index contributed by atoms with van der Waals surface area (Å²) in [4.78, 5) is 35.2. The van der Waals surface area contributed by atoms with E-state index in [1.54, 1.807) is 31.2 Å². The molecule has 3 N–H and O–H groups in total. The highest BCUT2D eigenvalue weighted by atomic mass is 79.9. The molecule has 2 aromatic rings. The lowest BCUT2D eigenvalue weighted by atomic mass is 10.2. The summed E-state index contributed by atoms with van der Waals surface area (Å²) in [5.74, 6) is -1.71. The summed E-state index contributed by atoms with van der Waals surface area (Å²) in [5.41, 5.74) is 4.11. The third-order valence-corrected chi connectivity index (χ3v) is 4.43. The van der Waals surface area contributed by atoms with Gasteiger partial charge in [0, 0.05) is 27.3 Å². The van der Waals surface area contributed by atoms with Crippen LogP contribution in [0.5, 0.6) is 5.75 Å². The van der Waals surface area contributed by atoms with E-state index < -0.39 is 11.8 Å². The second kappa shape index (κ2) is 11.3. The van der Waals surface area contributed by atoms with Crippen molar-refractivity contribution in [2.45, 2.75) is 13.8 Å². The molecule has 2 rings (SSSR count). The SMILES string of the molecule is CCNC(=O)C(=O)N/N=C\c1cc(Cl)ccc1OCC(=O)Nc1ccc(Br)cc1C. The molecule has 0 unspecified atom stereocenters. The fourth-order valence-electron chi connectivity index (χ4n) is 2.30. The second-order valence-electron chi connectivity index (χ2n) is 6.04. The third-order valence-electron chi connectivity index (χ3n) is 3.71. The van der Waals surface area contributed by atoms with Crippen molar-refractivity contribution in [1.82, 2.24) is 10.7 Å². The van der Waals surface area contributed by atoms with Crippen molar-refractivity contribution < 1.29 is 19.1 Å². The Hall–Kier alpha value is -2.91. The van der Waals surface area contributed by atoms with Crippen LogP contribution in [0.25, 0.3) is 0 Å². The lowest BCUT2D eigenvalue weighted by molar-refractivity contribution is -0.139. The molecule has 8 nitrogen and oxygen atoms in total. The van der Waals surface area contributed by atoms with E-state index in [-0.39, 0.29) is 12.5 Å². The first-order valence-corrected chi connectivity index (χ1v) is 10.1. The van der Waals surface area contributed by atoms with Gasteiger partial charge in [0.2, 0.25) is 0 Å². The predicted octanol–water partition coefficient (Wildman–Crippen LogP) is 3.01. The number of halogens is 2. The molecule has 0 aliphatic rings. The standard InChI is InChI=1S/C20H20BrClN4O4/c1-3-23-19(28)20(29)26-24-10-13-9-15(22)5-7-17(13)30-11-18(27)25-16-6-4-14(21)8-12(16)2/h4-10H,3,11H2,1-2H3,(H,23,28)(H,25,27)(H,26,29)/b24-10-. The van der Waals surface area contributed by atoms with Crippen LogP contribution in [-0.4, -0.2) is 37.1 Å². The summed E-state index contributed by atoms with van der Waals surface area (Å²) in [6.45, 7) is 3.65. The maximum Gasteiger partial charge on any atom is 0.329 e. The highest BCUT2D eigenvalue weighted by molar-refractivity contribution is 9.10. The van der Waals surface area contributed by atoms with E-state index in [1.807, 2.05) is 19.1 Å². The molecule has 0 aliphatic heterocycles. The first kappa shape index (κ1) is 23.4. The smallest absolute Gasteiger partial charge is 0.329 e. The van der Waals surface area contributed by atoms with Crippen LogP contribution in [0, 0.1) is 6.92 Å². The number of hydrazone groups is 1. The van der Waals surface area contributed by atoms with E-state index in [0.29, 0.717) is 28.6 Å². The molecule has 0 saturated carbocycles. The van der Waals surface area contributed by atoms with Gasteiger partial charge in [0.1, 0.15) is 5.75 Å². The molecule has 0 saturated heterocycles. The number of rotatable bonds is 7. The number of anilines is 1. The maximum atomic E-state index is 12.2. The third kappa shape index (κ3) is 7.16. The number of carbonyl (C=O) groups is 3. The molecule has 0 aliphatic carbocycles. The van der Waals surface area contributed by atoms with Gasteiger partial charge in [-0.05, 0) is 55.8 Å². The topological polar surface area (TPSA) is 109 Å². The number of ether oxygens (including phenoxy) is 1. The normalized spacial score (nSPS) is 10.5. The fraction of sp³-hybridized carbons (Fsp3) is 0.200. The first-order valence-electron chi connectivity index (χ1n) is 8.89. The number of hydrogen-bond donors (Lipinski definition) is 3. The molecular formula is C20H20BrClN4O4. The van der Waals surface area contributed by atoms with E-state index >= 15 is 0 Å². The highest BCUT2D eigenvalue weighted by Crippen LogP contribution is 2.22.